The topological polar surface area (TPSA) is 54.5 Å². The second-order valence-corrected chi connectivity index (χ2v) is 5.28. The zero-order valence-electron chi connectivity index (χ0n) is 11.2. The van der Waals surface area contributed by atoms with Crippen molar-refractivity contribution >= 4 is 11.6 Å². The number of ether oxygens (including phenoxy) is 1. The maximum Gasteiger partial charge on any atom is 0.233 e. The zero-order valence-corrected chi connectivity index (χ0v) is 11.2. The van der Waals surface area contributed by atoms with Gasteiger partial charge in [-0.3, -0.25) is 9.78 Å². The van der Waals surface area contributed by atoms with E-state index in [2.05, 4.69) is 10.3 Å². The fourth-order valence-corrected chi connectivity index (χ4v) is 3.17. The van der Waals surface area contributed by atoms with Crippen LogP contribution in [-0.2, 0) is 4.79 Å². The zero-order chi connectivity index (χ0) is 13.3. The molecule has 2 aliphatic rings. The SMILES string of the molecule is COc1ccncc1N1CCC2(CCNCC2)C1=O. The highest BCUT2D eigenvalue weighted by molar-refractivity contribution is 6.00. The first kappa shape index (κ1) is 12.4. The molecule has 1 aromatic heterocycles. The van der Waals surface area contributed by atoms with Crippen LogP contribution in [0.2, 0.25) is 0 Å². The molecule has 1 spiro atoms. The Hall–Kier alpha value is -1.62. The quantitative estimate of drug-likeness (QED) is 0.869. The number of anilines is 1. The van der Waals surface area contributed by atoms with E-state index in [0.29, 0.717) is 5.75 Å². The normalized spacial score (nSPS) is 21.9. The molecule has 0 aromatic carbocycles. The van der Waals surface area contributed by atoms with Gasteiger partial charge in [-0.2, -0.15) is 0 Å². The van der Waals surface area contributed by atoms with Crippen molar-refractivity contribution in [2.45, 2.75) is 19.3 Å². The minimum atomic E-state index is -0.161. The Balaban J connectivity index is 1.89. The number of carbonyl (C=O) groups is 1. The van der Waals surface area contributed by atoms with E-state index in [1.54, 1.807) is 25.6 Å². The Morgan fingerprint density at radius 1 is 1.37 bits per heavy atom. The van der Waals surface area contributed by atoms with Crippen LogP contribution in [0.5, 0.6) is 5.75 Å². The van der Waals surface area contributed by atoms with Gasteiger partial charge in [0.2, 0.25) is 5.91 Å². The van der Waals surface area contributed by atoms with E-state index in [1.165, 1.54) is 0 Å². The summed E-state index contributed by atoms with van der Waals surface area (Å²) in [6.07, 6.45) is 6.21. The molecular weight excluding hydrogens is 242 g/mol. The van der Waals surface area contributed by atoms with Crippen LogP contribution >= 0.6 is 0 Å². The van der Waals surface area contributed by atoms with Gasteiger partial charge in [-0.15, -0.1) is 0 Å². The highest BCUT2D eigenvalue weighted by Gasteiger charge is 2.47. The van der Waals surface area contributed by atoms with Gasteiger partial charge < -0.3 is 15.0 Å². The van der Waals surface area contributed by atoms with Crippen molar-refractivity contribution in [3.63, 3.8) is 0 Å². The fourth-order valence-electron chi connectivity index (χ4n) is 3.17. The predicted molar refractivity (Wildman–Crippen MR) is 72.3 cm³/mol. The van der Waals surface area contributed by atoms with Gasteiger partial charge >= 0.3 is 0 Å². The van der Waals surface area contributed by atoms with Crippen LogP contribution in [0.3, 0.4) is 0 Å². The highest BCUT2D eigenvalue weighted by Crippen LogP contribution is 2.43. The van der Waals surface area contributed by atoms with E-state index in [-0.39, 0.29) is 11.3 Å². The molecule has 3 heterocycles. The van der Waals surface area contributed by atoms with Gasteiger partial charge in [-0.1, -0.05) is 0 Å². The Morgan fingerprint density at radius 3 is 2.89 bits per heavy atom. The van der Waals surface area contributed by atoms with E-state index in [1.807, 2.05) is 4.90 Å². The third-order valence-electron chi connectivity index (χ3n) is 4.35. The largest absolute Gasteiger partial charge is 0.494 e. The summed E-state index contributed by atoms with van der Waals surface area (Å²) in [6.45, 7) is 2.63. The Kier molecular flexibility index (Phi) is 3.14. The molecule has 2 aliphatic heterocycles. The first-order chi connectivity index (χ1) is 9.27. The van der Waals surface area contributed by atoms with Crippen molar-refractivity contribution in [1.29, 1.82) is 0 Å². The molecule has 102 valence electrons. The van der Waals surface area contributed by atoms with Crippen LogP contribution in [0.25, 0.3) is 0 Å². The van der Waals surface area contributed by atoms with Crippen LogP contribution in [-0.4, -0.2) is 37.6 Å². The van der Waals surface area contributed by atoms with E-state index in [4.69, 9.17) is 4.74 Å². The Morgan fingerprint density at radius 2 is 2.16 bits per heavy atom. The number of pyridine rings is 1. The van der Waals surface area contributed by atoms with Crippen molar-refractivity contribution in [3.05, 3.63) is 18.5 Å². The fraction of sp³-hybridized carbons (Fsp3) is 0.571. The van der Waals surface area contributed by atoms with Gasteiger partial charge in [0.05, 0.1) is 18.7 Å². The summed E-state index contributed by atoms with van der Waals surface area (Å²) in [6, 6.07) is 1.80. The average Bonchev–Trinajstić information content (AvgIpc) is 2.77. The highest BCUT2D eigenvalue weighted by atomic mass is 16.5. The van der Waals surface area contributed by atoms with E-state index < -0.39 is 0 Å². The molecular formula is C14H19N3O2. The number of methoxy groups -OCH3 is 1. The first-order valence-corrected chi connectivity index (χ1v) is 6.77. The van der Waals surface area contributed by atoms with Crippen molar-refractivity contribution in [1.82, 2.24) is 10.3 Å². The van der Waals surface area contributed by atoms with Crippen molar-refractivity contribution in [2.24, 2.45) is 5.41 Å². The molecule has 0 atom stereocenters. The van der Waals surface area contributed by atoms with E-state index in [9.17, 15) is 4.79 Å². The third-order valence-corrected chi connectivity index (χ3v) is 4.35. The van der Waals surface area contributed by atoms with Gasteiger partial charge in [0.15, 0.2) is 0 Å². The lowest BCUT2D eigenvalue weighted by Gasteiger charge is -2.32. The number of nitrogens with one attached hydrogen (secondary N) is 1. The summed E-state index contributed by atoms with van der Waals surface area (Å²) in [5, 5.41) is 3.33. The summed E-state index contributed by atoms with van der Waals surface area (Å²) in [7, 11) is 1.62. The number of hydrogen-bond acceptors (Lipinski definition) is 4. The molecule has 5 nitrogen and oxygen atoms in total. The number of carbonyl (C=O) groups excluding carboxylic acids is 1. The maximum atomic E-state index is 12.8. The third kappa shape index (κ3) is 1.98. The van der Waals surface area contributed by atoms with Crippen LogP contribution in [0.15, 0.2) is 18.5 Å². The van der Waals surface area contributed by atoms with Gasteiger partial charge in [-0.05, 0) is 32.4 Å². The van der Waals surface area contributed by atoms with Crippen LogP contribution in [0.4, 0.5) is 5.69 Å². The maximum absolute atomic E-state index is 12.8. The van der Waals surface area contributed by atoms with Crippen molar-refractivity contribution < 1.29 is 9.53 Å². The molecule has 0 saturated carbocycles. The number of rotatable bonds is 2. The van der Waals surface area contributed by atoms with Crippen molar-refractivity contribution in [3.8, 4) is 5.75 Å². The number of nitrogens with zero attached hydrogens (tertiary/aromatic N) is 2. The average molecular weight is 261 g/mol. The summed E-state index contributed by atoms with van der Waals surface area (Å²) in [5.41, 5.74) is 0.636. The number of hydrogen-bond donors (Lipinski definition) is 1. The van der Waals surface area contributed by atoms with Gasteiger partial charge in [0.1, 0.15) is 11.4 Å². The molecule has 3 rings (SSSR count). The summed E-state index contributed by atoms with van der Waals surface area (Å²) in [5.74, 6) is 0.953. The predicted octanol–water partition coefficient (Wildman–Crippen LogP) is 1.20. The Labute approximate surface area is 113 Å². The molecule has 1 amide bonds. The van der Waals surface area contributed by atoms with Gasteiger partial charge in [0.25, 0.3) is 0 Å². The molecule has 0 bridgehead atoms. The lowest BCUT2D eigenvalue weighted by Crippen LogP contribution is -2.42. The monoisotopic (exact) mass is 261 g/mol. The van der Waals surface area contributed by atoms with E-state index >= 15 is 0 Å². The molecule has 2 saturated heterocycles. The summed E-state index contributed by atoms with van der Waals surface area (Å²) in [4.78, 5) is 18.7. The lowest BCUT2D eigenvalue weighted by atomic mass is 9.78. The minimum Gasteiger partial charge on any atom is -0.494 e. The number of amides is 1. The molecule has 0 radical (unpaired) electrons. The second kappa shape index (κ2) is 4.81. The van der Waals surface area contributed by atoms with Crippen LogP contribution in [0.1, 0.15) is 19.3 Å². The summed E-state index contributed by atoms with van der Waals surface area (Å²) < 4.78 is 5.34. The van der Waals surface area contributed by atoms with Crippen LogP contribution in [0, 0.1) is 5.41 Å². The van der Waals surface area contributed by atoms with Gasteiger partial charge in [0, 0.05) is 18.8 Å². The summed E-state index contributed by atoms with van der Waals surface area (Å²) >= 11 is 0. The van der Waals surface area contributed by atoms with Crippen molar-refractivity contribution in [2.75, 3.05) is 31.6 Å². The van der Waals surface area contributed by atoms with E-state index in [0.717, 1.165) is 44.6 Å². The van der Waals surface area contributed by atoms with Gasteiger partial charge in [-0.25, -0.2) is 0 Å². The standard InChI is InChI=1S/C14H19N3O2/c1-19-12-2-6-16-10-11(12)17-9-5-14(13(17)18)3-7-15-8-4-14/h2,6,10,15H,3-5,7-9H2,1H3. The minimum absolute atomic E-state index is 0.161. The second-order valence-electron chi connectivity index (χ2n) is 5.28. The molecule has 1 aromatic rings. The number of piperidine rings is 1. The molecule has 1 N–H and O–H groups in total. The number of aromatic nitrogens is 1. The lowest BCUT2D eigenvalue weighted by molar-refractivity contribution is -0.126. The van der Waals surface area contributed by atoms with Crippen LogP contribution < -0.4 is 15.0 Å². The molecule has 19 heavy (non-hydrogen) atoms. The molecule has 2 fully saturated rings. The molecule has 0 unspecified atom stereocenters. The molecule has 5 heteroatoms. The Bertz CT molecular complexity index is 483. The first-order valence-electron chi connectivity index (χ1n) is 6.77. The smallest absolute Gasteiger partial charge is 0.233 e. The molecule has 0 aliphatic carbocycles.